The van der Waals surface area contributed by atoms with Gasteiger partial charge in [0.1, 0.15) is 11.8 Å². The average Bonchev–Trinajstić information content (AvgIpc) is 2.91. The van der Waals surface area contributed by atoms with E-state index in [-0.39, 0.29) is 12.3 Å². The molecule has 1 aliphatic heterocycles. The number of nitrogens with two attached hydrogens (primary N) is 1. The monoisotopic (exact) mass is 602 g/mol. The van der Waals surface area contributed by atoms with Crippen LogP contribution < -0.4 is 10.6 Å². The molecule has 11 nitrogen and oxygen atoms in total. The number of hydrogen-bond donors (Lipinski definition) is 1. The number of pyridine rings is 1. The predicted octanol–water partition coefficient (Wildman–Crippen LogP) is 2.43. The lowest BCUT2D eigenvalue weighted by molar-refractivity contribution is -0.150. The molecule has 208 valence electrons. The first kappa shape index (κ1) is 28.8. The summed E-state index contributed by atoms with van der Waals surface area (Å²) in [5.41, 5.74) is 0.421. The zero-order chi connectivity index (χ0) is 28.4. The highest BCUT2D eigenvalue weighted by molar-refractivity contribution is 7.89. The van der Waals surface area contributed by atoms with Crippen LogP contribution in [0, 0.1) is 11.6 Å². The van der Waals surface area contributed by atoms with Crippen LogP contribution in [0.3, 0.4) is 0 Å². The maximum Gasteiger partial charge on any atom is 0.344 e. The third-order valence-electron chi connectivity index (χ3n) is 5.79. The highest BCUT2D eigenvalue weighted by Gasteiger charge is 2.44. The molecule has 2 heterocycles. The second kappa shape index (κ2) is 11.5. The molecule has 0 spiro atoms. The second-order valence-corrected chi connectivity index (χ2v) is 12.6. The van der Waals surface area contributed by atoms with Crippen molar-refractivity contribution in [1.82, 2.24) is 13.6 Å². The van der Waals surface area contributed by atoms with E-state index < -0.39 is 73.2 Å². The summed E-state index contributed by atoms with van der Waals surface area (Å²) in [7, 11) is -8.75. The van der Waals surface area contributed by atoms with Gasteiger partial charge < -0.3 is 9.57 Å². The predicted molar refractivity (Wildman–Crippen MR) is 134 cm³/mol. The molecule has 39 heavy (non-hydrogen) atoms. The summed E-state index contributed by atoms with van der Waals surface area (Å²) in [4.78, 5) is 19.6. The molecule has 2 aromatic carbocycles. The van der Waals surface area contributed by atoms with E-state index in [9.17, 15) is 30.4 Å². The molecule has 1 atom stereocenters. The number of piperazine rings is 1. The van der Waals surface area contributed by atoms with E-state index in [4.69, 9.17) is 22.2 Å². The van der Waals surface area contributed by atoms with Gasteiger partial charge in [-0.3, -0.25) is 4.98 Å². The SMILES string of the molecule is NOC(=O)[C@H]1CN(S(=O)(=O)Cc2ccncc2)CCN1S(=O)(=O)c1cc(F)c(Oc2ccc(Cl)cc2)c(F)c1. The number of carbonyl (C=O) groups excluding carboxylic acids is 1. The van der Waals surface area contributed by atoms with Gasteiger partial charge in [-0.05, 0) is 54.1 Å². The van der Waals surface area contributed by atoms with Gasteiger partial charge in [0.15, 0.2) is 17.4 Å². The summed E-state index contributed by atoms with van der Waals surface area (Å²) >= 11 is 5.78. The van der Waals surface area contributed by atoms with Crippen molar-refractivity contribution in [2.75, 3.05) is 19.6 Å². The molecule has 16 heteroatoms. The molecule has 0 unspecified atom stereocenters. The summed E-state index contributed by atoms with van der Waals surface area (Å²) in [6, 6.07) is 7.90. The molecular weight excluding hydrogens is 582 g/mol. The van der Waals surface area contributed by atoms with Crippen LogP contribution in [0.15, 0.2) is 65.8 Å². The van der Waals surface area contributed by atoms with Crippen molar-refractivity contribution in [1.29, 1.82) is 0 Å². The fraction of sp³-hybridized carbons (Fsp3) is 0.217. The van der Waals surface area contributed by atoms with Gasteiger partial charge in [-0.1, -0.05) is 11.6 Å². The molecule has 1 aromatic heterocycles. The topological polar surface area (TPSA) is 149 Å². The highest BCUT2D eigenvalue weighted by Crippen LogP contribution is 2.32. The Balaban J connectivity index is 1.60. The minimum Gasteiger partial charge on any atom is -0.451 e. The van der Waals surface area contributed by atoms with Crippen molar-refractivity contribution < 1.29 is 40.0 Å². The maximum atomic E-state index is 14.8. The maximum absolute atomic E-state index is 14.8. The van der Waals surface area contributed by atoms with Crippen LogP contribution >= 0.6 is 11.6 Å². The number of sulfonamides is 2. The normalized spacial score (nSPS) is 17.1. The average molecular weight is 603 g/mol. The number of halogens is 3. The fourth-order valence-electron chi connectivity index (χ4n) is 3.87. The first-order valence-corrected chi connectivity index (χ1v) is 14.6. The number of hydrogen-bond acceptors (Lipinski definition) is 9. The van der Waals surface area contributed by atoms with E-state index in [0.29, 0.717) is 27.0 Å². The molecule has 1 saturated heterocycles. The molecule has 0 bridgehead atoms. The Morgan fingerprint density at radius 2 is 1.64 bits per heavy atom. The van der Waals surface area contributed by atoms with Crippen molar-refractivity contribution in [3.8, 4) is 11.5 Å². The first-order valence-electron chi connectivity index (χ1n) is 11.1. The van der Waals surface area contributed by atoms with Gasteiger partial charge in [0.2, 0.25) is 20.0 Å². The quantitative estimate of drug-likeness (QED) is 0.384. The molecule has 1 fully saturated rings. The van der Waals surface area contributed by atoms with Gasteiger partial charge in [0.25, 0.3) is 0 Å². The Bertz CT molecular complexity index is 1550. The third-order valence-corrected chi connectivity index (χ3v) is 9.74. The van der Waals surface area contributed by atoms with Crippen LogP contribution in [-0.4, -0.2) is 62.1 Å². The molecule has 0 amide bonds. The summed E-state index contributed by atoms with van der Waals surface area (Å²) < 4.78 is 89.1. The Morgan fingerprint density at radius 1 is 1.03 bits per heavy atom. The van der Waals surface area contributed by atoms with Crippen molar-refractivity contribution in [2.24, 2.45) is 5.90 Å². The van der Waals surface area contributed by atoms with Crippen LogP contribution in [0.5, 0.6) is 11.5 Å². The van der Waals surface area contributed by atoms with E-state index >= 15 is 0 Å². The molecular formula is C23H21ClF2N4O7S2. The van der Waals surface area contributed by atoms with Crippen molar-refractivity contribution in [3.63, 3.8) is 0 Å². The van der Waals surface area contributed by atoms with Gasteiger partial charge in [-0.2, -0.15) is 14.5 Å². The lowest BCUT2D eigenvalue weighted by atomic mass is 10.2. The van der Waals surface area contributed by atoms with Crippen LogP contribution in [0.2, 0.25) is 5.02 Å². The molecule has 1 aliphatic rings. The Morgan fingerprint density at radius 3 is 2.23 bits per heavy atom. The van der Waals surface area contributed by atoms with Crippen molar-refractivity contribution in [2.45, 2.75) is 16.7 Å². The minimum atomic E-state index is -4.74. The summed E-state index contributed by atoms with van der Waals surface area (Å²) in [5, 5.41) is 0.362. The largest absolute Gasteiger partial charge is 0.451 e. The highest BCUT2D eigenvalue weighted by atomic mass is 35.5. The second-order valence-electron chi connectivity index (χ2n) is 8.31. The molecule has 4 rings (SSSR count). The Hall–Kier alpha value is -3.21. The number of ether oxygens (including phenoxy) is 1. The number of carbonyl (C=O) groups is 1. The fourth-order valence-corrected chi connectivity index (χ4v) is 7.11. The number of rotatable bonds is 8. The summed E-state index contributed by atoms with van der Waals surface area (Å²) in [6.45, 7) is -1.50. The van der Waals surface area contributed by atoms with Gasteiger partial charge in [0, 0.05) is 37.1 Å². The van der Waals surface area contributed by atoms with Crippen molar-refractivity contribution in [3.05, 3.63) is 83.1 Å². The molecule has 0 saturated carbocycles. The molecule has 2 N–H and O–H groups in total. The van der Waals surface area contributed by atoms with Crippen LogP contribution in [0.25, 0.3) is 0 Å². The van der Waals surface area contributed by atoms with Gasteiger partial charge in [-0.25, -0.2) is 30.4 Å². The van der Waals surface area contributed by atoms with Gasteiger partial charge in [-0.15, -0.1) is 0 Å². The standard InChI is InChI=1S/C23H21ClF2N4O7S2/c24-16-1-3-17(4-2-16)36-22-19(25)11-18(12-20(22)26)39(34,35)30-10-9-29(13-21(30)23(31)37-27)38(32,33)14-15-5-7-28-8-6-15/h1-8,11-12,21H,9-10,13-14,27H2/t21-/m1/s1. The smallest absolute Gasteiger partial charge is 0.344 e. The minimum absolute atomic E-state index is 0.0441. The lowest BCUT2D eigenvalue weighted by Crippen LogP contribution is -2.59. The molecule has 0 aliphatic carbocycles. The van der Waals surface area contributed by atoms with Crippen LogP contribution in [0.1, 0.15) is 5.56 Å². The van der Waals surface area contributed by atoms with Crippen LogP contribution in [0.4, 0.5) is 8.78 Å². The zero-order valence-corrected chi connectivity index (χ0v) is 22.3. The molecule has 0 radical (unpaired) electrons. The van der Waals surface area contributed by atoms with Gasteiger partial charge >= 0.3 is 5.97 Å². The van der Waals surface area contributed by atoms with E-state index in [1.165, 1.54) is 48.8 Å². The number of aromatic nitrogens is 1. The van der Waals surface area contributed by atoms with Crippen LogP contribution in [-0.2, 0) is 35.4 Å². The van der Waals surface area contributed by atoms with E-state index in [0.717, 1.165) is 4.31 Å². The summed E-state index contributed by atoms with van der Waals surface area (Å²) in [6.07, 6.45) is 2.82. The van der Waals surface area contributed by atoms with Gasteiger partial charge in [0.05, 0.1) is 10.6 Å². The molecule has 3 aromatic rings. The van der Waals surface area contributed by atoms with E-state index in [1.807, 2.05) is 0 Å². The summed E-state index contributed by atoms with van der Waals surface area (Å²) in [5.74, 6) is -0.188. The van der Waals surface area contributed by atoms with E-state index in [2.05, 4.69) is 9.82 Å². The lowest BCUT2D eigenvalue weighted by Gasteiger charge is -2.38. The number of nitrogens with zero attached hydrogens (tertiary/aromatic N) is 3. The van der Waals surface area contributed by atoms with E-state index in [1.54, 1.807) is 0 Å². The third kappa shape index (κ3) is 6.34. The Labute approximate surface area is 227 Å². The Kier molecular flexibility index (Phi) is 8.48. The number of benzene rings is 2. The first-order chi connectivity index (χ1) is 18.4. The zero-order valence-electron chi connectivity index (χ0n) is 19.9. The van der Waals surface area contributed by atoms with Crippen molar-refractivity contribution >= 4 is 37.6 Å².